The lowest BCUT2D eigenvalue weighted by Gasteiger charge is -2.32. The first-order valence-electron chi connectivity index (χ1n) is 8.65. The van der Waals surface area contributed by atoms with Crippen LogP contribution in [0.1, 0.15) is 10.4 Å². The van der Waals surface area contributed by atoms with Crippen molar-refractivity contribution in [3.8, 4) is 5.75 Å². The van der Waals surface area contributed by atoms with E-state index in [-0.39, 0.29) is 5.91 Å². The van der Waals surface area contributed by atoms with Crippen LogP contribution in [0.15, 0.2) is 59.5 Å². The highest BCUT2D eigenvalue weighted by Crippen LogP contribution is 2.18. The normalized spacial score (nSPS) is 14.2. The first-order chi connectivity index (χ1) is 12.8. The minimum atomic E-state index is 0.00160. The number of benzene rings is 2. The smallest absolute Gasteiger partial charge is 0.253 e. The summed E-state index contributed by atoms with van der Waals surface area (Å²) in [4.78, 5) is 27.9. The summed E-state index contributed by atoms with van der Waals surface area (Å²) in [7, 11) is 0. The lowest BCUT2D eigenvalue weighted by Crippen LogP contribution is -2.48. The molecule has 1 saturated heterocycles. The molecule has 1 aliphatic rings. The van der Waals surface area contributed by atoms with E-state index in [2.05, 4.69) is 12.1 Å². The van der Waals surface area contributed by atoms with E-state index in [1.165, 1.54) is 4.90 Å². The third-order valence-corrected chi connectivity index (χ3v) is 5.19. The van der Waals surface area contributed by atoms with Gasteiger partial charge < -0.3 is 14.5 Å². The summed E-state index contributed by atoms with van der Waals surface area (Å²) < 4.78 is 5.75. The Balaban J connectivity index is 1.44. The van der Waals surface area contributed by atoms with E-state index >= 15 is 0 Å². The van der Waals surface area contributed by atoms with Crippen molar-refractivity contribution in [2.45, 2.75) is 4.90 Å². The maximum absolute atomic E-state index is 12.5. The molecule has 1 aliphatic heterocycles. The van der Waals surface area contributed by atoms with Gasteiger partial charge in [0.2, 0.25) is 6.41 Å². The molecule has 0 spiro atoms. The molecule has 26 heavy (non-hydrogen) atoms. The maximum Gasteiger partial charge on any atom is 0.253 e. The number of hydrogen-bond acceptors (Lipinski definition) is 4. The SMILES string of the molecule is O=CN1CCN(C(=O)c2ccc(OCCSc3ccccc3)cc2)CC1. The third-order valence-electron chi connectivity index (χ3n) is 4.22. The summed E-state index contributed by atoms with van der Waals surface area (Å²) in [5.74, 6) is 1.63. The summed E-state index contributed by atoms with van der Waals surface area (Å²) >= 11 is 1.75. The standard InChI is InChI=1S/C20H22N2O3S/c23-16-21-10-12-22(13-11-21)20(24)17-6-8-18(9-7-17)25-14-15-26-19-4-2-1-3-5-19/h1-9,16H,10-15H2. The topological polar surface area (TPSA) is 49.9 Å². The van der Waals surface area contributed by atoms with Crippen LogP contribution in [0.25, 0.3) is 0 Å². The van der Waals surface area contributed by atoms with Crippen molar-refractivity contribution < 1.29 is 14.3 Å². The number of ether oxygens (including phenoxy) is 1. The molecule has 0 saturated carbocycles. The molecule has 0 aliphatic carbocycles. The van der Waals surface area contributed by atoms with Gasteiger partial charge in [-0.15, -0.1) is 11.8 Å². The van der Waals surface area contributed by atoms with Gasteiger partial charge in [-0.3, -0.25) is 9.59 Å². The largest absolute Gasteiger partial charge is 0.493 e. The molecule has 1 heterocycles. The summed E-state index contributed by atoms with van der Waals surface area (Å²) in [5.41, 5.74) is 0.649. The van der Waals surface area contributed by atoms with Crippen LogP contribution in [0, 0.1) is 0 Å². The fraction of sp³-hybridized carbons (Fsp3) is 0.300. The van der Waals surface area contributed by atoms with Crippen molar-refractivity contribution in [3.05, 3.63) is 60.2 Å². The predicted molar refractivity (Wildman–Crippen MR) is 103 cm³/mol. The Labute approximate surface area is 157 Å². The molecule has 136 valence electrons. The number of amides is 2. The maximum atomic E-state index is 12.5. The molecule has 6 heteroatoms. The summed E-state index contributed by atoms with van der Waals surface area (Å²) in [6.45, 7) is 2.95. The van der Waals surface area contributed by atoms with Gasteiger partial charge in [0.25, 0.3) is 5.91 Å². The van der Waals surface area contributed by atoms with Gasteiger partial charge >= 0.3 is 0 Å². The van der Waals surface area contributed by atoms with Crippen LogP contribution >= 0.6 is 11.8 Å². The average molecular weight is 370 g/mol. The number of carbonyl (C=O) groups excluding carboxylic acids is 2. The molecule has 0 N–H and O–H groups in total. The van der Waals surface area contributed by atoms with Gasteiger partial charge in [-0.1, -0.05) is 18.2 Å². The highest BCUT2D eigenvalue weighted by molar-refractivity contribution is 7.99. The van der Waals surface area contributed by atoms with Crippen LogP contribution in [-0.4, -0.2) is 60.7 Å². The Kier molecular flexibility index (Phi) is 6.55. The summed E-state index contributed by atoms with van der Waals surface area (Å²) in [6.07, 6.45) is 0.837. The average Bonchev–Trinajstić information content (AvgIpc) is 2.72. The zero-order valence-electron chi connectivity index (χ0n) is 14.5. The lowest BCUT2D eigenvalue weighted by molar-refractivity contribution is -0.119. The molecular weight excluding hydrogens is 348 g/mol. The molecule has 0 bridgehead atoms. The van der Waals surface area contributed by atoms with E-state index in [9.17, 15) is 9.59 Å². The molecule has 0 radical (unpaired) electrons. The fourth-order valence-electron chi connectivity index (χ4n) is 2.74. The second kappa shape index (κ2) is 9.29. The van der Waals surface area contributed by atoms with Gasteiger partial charge in [0.1, 0.15) is 5.75 Å². The highest BCUT2D eigenvalue weighted by atomic mass is 32.2. The molecule has 0 atom stereocenters. The Hall–Kier alpha value is -2.47. The van der Waals surface area contributed by atoms with E-state index in [0.29, 0.717) is 38.3 Å². The zero-order valence-corrected chi connectivity index (χ0v) is 15.4. The van der Waals surface area contributed by atoms with Gasteiger partial charge in [-0.05, 0) is 36.4 Å². The number of piperazine rings is 1. The summed E-state index contributed by atoms with van der Waals surface area (Å²) in [5, 5.41) is 0. The molecule has 3 rings (SSSR count). The van der Waals surface area contributed by atoms with Crippen LogP contribution in [0.3, 0.4) is 0 Å². The van der Waals surface area contributed by atoms with E-state index in [0.717, 1.165) is 17.9 Å². The molecule has 0 unspecified atom stereocenters. The first-order valence-corrected chi connectivity index (χ1v) is 9.64. The Bertz CT molecular complexity index is 714. The molecule has 5 nitrogen and oxygen atoms in total. The second-order valence-electron chi connectivity index (χ2n) is 5.97. The number of rotatable bonds is 7. The van der Waals surface area contributed by atoms with Crippen molar-refractivity contribution in [3.63, 3.8) is 0 Å². The van der Waals surface area contributed by atoms with Gasteiger partial charge in [0, 0.05) is 42.4 Å². The Morgan fingerprint density at radius 3 is 2.35 bits per heavy atom. The number of hydrogen-bond donors (Lipinski definition) is 0. The van der Waals surface area contributed by atoms with Crippen molar-refractivity contribution in [1.82, 2.24) is 9.80 Å². The van der Waals surface area contributed by atoms with E-state index in [1.807, 2.05) is 30.3 Å². The summed E-state index contributed by atoms with van der Waals surface area (Å²) in [6, 6.07) is 17.5. The van der Waals surface area contributed by atoms with Crippen LogP contribution in [0.2, 0.25) is 0 Å². The van der Waals surface area contributed by atoms with Crippen LogP contribution < -0.4 is 4.74 Å². The van der Waals surface area contributed by atoms with Crippen molar-refractivity contribution in [2.75, 3.05) is 38.5 Å². The van der Waals surface area contributed by atoms with Gasteiger partial charge in [0.15, 0.2) is 0 Å². The predicted octanol–water partition coefficient (Wildman–Crippen LogP) is 2.77. The zero-order chi connectivity index (χ0) is 18.2. The minimum Gasteiger partial charge on any atom is -0.493 e. The number of thioether (sulfide) groups is 1. The highest BCUT2D eigenvalue weighted by Gasteiger charge is 2.21. The Morgan fingerprint density at radius 1 is 1.00 bits per heavy atom. The number of carbonyl (C=O) groups is 2. The minimum absolute atomic E-state index is 0.00160. The third kappa shape index (κ3) is 5.02. The van der Waals surface area contributed by atoms with E-state index < -0.39 is 0 Å². The van der Waals surface area contributed by atoms with Crippen LogP contribution in [0.4, 0.5) is 0 Å². The van der Waals surface area contributed by atoms with Crippen molar-refractivity contribution >= 4 is 24.1 Å². The van der Waals surface area contributed by atoms with Gasteiger partial charge in [0.05, 0.1) is 6.61 Å². The van der Waals surface area contributed by atoms with Crippen molar-refractivity contribution in [1.29, 1.82) is 0 Å². The molecule has 2 amide bonds. The van der Waals surface area contributed by atoms with Gasteiger partial charge in [-0.25, -0.2) is 0 Å². The molecule has 1 fully saturated rings. The van der Waals surface area contributed by atoms with Crippen LogP contribution in [0.5, 0.6) is 5.75 Å². The van der Waals surface area contributed by atoms with Crippen LogP contribution in [-0.2, 0) is 4.79 Å². The molecule has 2 aromatic carbocycles. The second-order valence-corrected chi connectivity index (χ2v) is 7.14. The first kappa shape index (κ1) is 18.3. The Morgan fingerprint density at radius 2 is 1.69 bits per heavy atom. The number of nitrogens with zero attached hydrogens (tertiary/aromatic N) is 2. The van der Waals surface area contributed by atoms with E-state index in [4.69, 9.17) is 4.74 Å². The molecular formula is C20H22N2O3S. The monoisotopic (exact) mass is 370 g/mol. The lowest BCUT2D eigenvalue weighted by atomic mass is 10.1. The van der Waals surface area contributed by atoms with Gasteiger partial charge in [-0.2, -0.15) is 0 Å². The quantitative estimate of drug-likeness (QED) is 0.427. The van der Waals surface area contributed by atoms with E-state index in [1.54, 1.807) is 33.7 Å². The van der Waals surface area contributed by atoms with Crippen molar-refractivity contribution in [2.24, 2.45) is 0 Å². The fourth-order valence-corrected chi connectivity index (χ4v) is 3.49. The molecule has 2 aromatic rings. The molecule has 0 aromatic heterocycles.